The molecule has 20 nitrogen and oxygen atoms in total. The Bertz CT molecular complexity index is 3530. The van der Waals surface area contributed by atoms with E-state index in [0.717, 1.165) is 49.0 Å². The molecule has 0 aromatic carbocycles. The number of fused-ring (bicyclic) bond motifs is 3. The van der Waals surface area contributed by atoms with Gasteiger partial charge in [-0.2, -0.15) is 0 Å². The van der Waals surface area contributed by atoms with Crippen molar-refractivity contribution in [1.82, 2.24) is 67.2 Å². The number of pyridine rings is 5. The quantitative estimate of drug-likeness (QED) is 0.0467. The number of nitrogens with one attached hydrogen (secondary N) is 1. The summed E-state index contributed by atoms with van der Waals surface area (Å²) >= 11 is 12.5. The zero-order valence-corrected chi connectivity index (χ0v) is 47.1. The Labute approximate surface area is 474 Å². The van der Waals surface area contributed by atoms with Crippen LogP contribution >= 0.6 is 52.2 Å². The summed E-state index contributed by atoms with van der Waals surface area (Å²) in [5, 5.41) is 0. The van der Waals surface area contributed by atoms with E-state index < -0.39 is 5.97 Å². The topological polar surface area (TPSA) is 221 Å². The van der Waals surface area contributed by atoms with Gasteiger partial charge in [0.25, 0.3) is 0 Å². The van der Waals surface area contributed by atoms with E-state index in [-0.39, 0.29) is 19.4 Å². The maximum absolute atomic E-state index is 12.1. The first-order valence-electron chi connectivity index (χ1n) is 22.6. The normalized spacial score (nSPS) is 10.1. The fourth-order valence-corrected chi connectivity index (χ4v) is 7.53. The number of esters is 3. The van der Waals surface area contributed by atoms with Crippen molar-refractivity contribution in [3.8, 4) is 22.9 Å². The summed E-state index contributed by atoms with van der Waals surface area (Å²) in [6, 6.07) is 22.9. The predicted octanol–water partition coefficient (Wildman–Crippen LogP) is 11.1. The number of rotatable bonds is 9. The van der Waals surface area contributed by atoms with Crippen molar-refractivity contribution in [3.05, 3.63) is 197 Å². The molecule has 0 aliphatic rings. The van der Waals surface area contributed by atoms with Crippen LogP contribution in [0.1, 0.15) is 71.1 Å². The molecule has 11 aromatic heterocycles. The van der Waals surface area contributed by atoms with Gasteiger partial charge in [0.1, 0.15) is 27.2 Å². The van der Waals surface area contributed by atoms with E-state index in [1.165, 1.54) is 18.6 Å². The monoisotopic (exact) mass is 1320 g/mol. The van der Waals surface area contributed by atoms with Gasteiger partial charge in [-0.25, -0.2) is 54.3 Å². The molecule has 0 atom stereocenters. The van der Waals surface area contributed by atoms with E-state index in [1.807, 2.05) is 121 Å². The molecule has 0 saturated carbocycles. The number of ether oxygens (including phenoxy) is 3. The molecule has 11 rings (SSSR count). The number of halogens is 3. The summed E-state index contributed by atoms with van der Waals surface area (Å²) in [4.78, 5) is 71.5. The Morgan fingerprint density at radius 1 is 0.605 bits per heavy atom. The third-order valence-corrected chi connectivity index (χ3v) is 10.9. The van der Waals surface area contributed by atoms with Gasteiger partial charge in [-0.15, -0.1) is 0 Å². The van der Waals surface area contributed by atoms with Crippen molar-refractivity contribution in [2.24, 2.45) is 0 Å². The number of hydrogen-bond donors (Lipinski definition) is 1. The summed E-state index contributed by atoms with van der Waals surface area (Å²) in [7, 11) is 0. The van der Waals surface area contributed by atoms with Crippen LogP contribution in [0.2, 0.25) is 0 Å². The van der Waals surface area contributed by atoms with Gasteiger partial charge >= 0.3 is 51.0 Å². The van der Waals surface area contributed by atoms with Crippen LogP contribution in [0.4, 0.5) is 0 Å². The second-order valence-corrected chi connectivity index (χ2v) is 16.7. The van der Waals surface area contributed by atoms with Crippen LogP contribution in [-0.4, -0.2) is 105 Å². The van der Waals surface area contributed by atoms with Gasteiger partial charge in [-0.1, -0.05) is 19.6 Å². The maximum atomic E-state index is 12.1. The number of aryl methyl sites for hydroxylation is 2. The van der Waals surface area contributed by atoms with Gasteiger partial charge in [0.15, 0.2) is 22.9 Å². The number of carbonyl (C=O) groups is 3. The molecular weight excluding hydrogens is 1270 g/mol. The standard InChI is InChI=1S/C19H17N5O2.C13H12N4O2.C10H9BrN2O2.C6H6BrN.C3H4N2.CH4.Cu.HI/c1-3-26-19(25)16-11-21-17-8-7-14(12-24(16)17)23-10-9-20-18(23)15-6-4-5-13(2)22-15;1-2-19-13(18)11-7-15-12-4-3-10(8-17(11)12)16-6-5-14-9-16;1-2-15-10(14)8-5-12-9-4-3-7(11)6-13(8)9;1-5-3-2-4-6(7)8-5;1-2-5-3-4-1;;;/h4-12H,3H2,1-2H3;3-9H,2H2,1H3;3-6H,2H2,1H3;2-4H,1H3;1-3H,(H,4,5);1H4;;1H/q;;;;;;+1;/p-1. The van der Waals surface area contributed by atoms with Gasteiger partial charge in [0.2, 0.25) is 0 Å². The van der Waals surface area contributed by atoms with Crippen molar-refractivity contribution in [1.29, 1.82) is 0 Å². The zero-order chi connectivity index (χ0) is 53.7. The predicted molar refractivity (Wildman–Crippen MR) is 299 cm³/mol. The number of imidazole rings is 6. The number of nitrogens with zero attached hydrogens (tertiary/aromatic N) is 13. The maximum Gasteiger partial charge on any atom is 0.0919 e. The molecule has 398 valence electrons. The van der Waals surface area contributed by atoms with E-state index in [4.69, 9.17) is 14.2 Å². The molecule has 0 spiro atoms. The summed E-state index contributed by atoms with van der Waals surface area (Å²) < 4.78 is 25.7. The fourth-order valence-electron chi connectivity index (χ4n) is 6.76. The molecule has 0 amide bonds. The van der Waals surface area contributed by atoms with Gasteiger partial charge in [0, 0.05) is 71.6 Å². The molecule has 0 radical (unpaired) electrons. The number of H-pyrrole nitrogens is 1. The molecule has 24 heteroatoms. The Balaban J connectivity index is 0.000000188. The van der Waals surface area contributed by atoms with Crippen LogP contribution in [0.3, 0.4) is 0 Å². The van der Waals surface area contributed by atoms with Crippen LogP contribution in [0.5, 0.6) is 0 Å². The zero-order valence-electron chi connectivity index (χ0n) is 40.8. The Hall–Kier alpha value is -7.38. The van der Waals surface area contributed by atoms with Crippen LogP contribution in [0.15, 0.2) is 169 Å². The Kier molecular flexibility index (Phi) is 23.7. The first kappa shape index (κ1) is 59.5. The van der Waals surface area contributed by atoms with E-state index >= 15 is 0 Å². The average molecular weight is 1320 g/mol. The molecule has 0 aliphatic heterocycles. The van der Waals surface area contributed by atoms with E-state index in [1.54, 1.807) is 98.0 Å². The largest absolute Gasteiger partial charge is 0.351 e. The molecular formula is C52H52Br2CuIN14O6. The molecule has 11 aromatic rings. The second kappa shape index (κ2) is 30.2. The Morgan fingerprint density at radius 3 is 1.59 bits per heavy atom. The number of aromatic amines is 1. The second-order valence-electron chi connectivity index (χ2n) is 15.0. The summed E-state index contributed by atoms with van der Waals surface area (Å²) in [6.07, 6.45) is 23.9. The van der Waals surface area contributed by atoms with Crippen LogP contribution in [0.25, 0.3) is 39.8 Å². The molecule has 0 bridgehead atoms. The van der Waals surface area contributed by atoms with Gasteiger partial charge in [-0.3, -0.25) is 17.8 Å². The minimum atomic E-state index is -0.400. The summed E-state index contributed by atoms with van der Waals surface area (Å²) in [5.74, 6) is -0.407. The van der Waals surface area contributed by atoms with Crippen LogP contribution in [-0.2, 0) is 27.0 Å². The number of carbonyl (C=O) groups excluding carboxylic acids is 3. The number of hydrogen-bond acceptors (Lipinski definition) is 14. The molecule has 1 N–H and O–H groups in total. The third kappa shape index (κ3) is 16.1. The minimum absolute atomic E-state index is 0. The van der Waals surface area contributed by atoms with E-state index in [0.29, 0.717) is 48.2 Å². The van der Waals surface area contributed by atoms with Crippen LogP contribution in [0, 0.1) is 13.8 Å². The van der Waals surface area contributed by atoms with Crippen LogP contribution < -0.4 is 0 Å². The summed E-state index contributed by atoms with van der Waals surface area (Å²) in [6.45, 7) is 10.3. The third-order valence-electron chi connectivity index (χ3n) is 10.0. The molecule has 0 unspecified atom stereocenters. The molecule has 11 heterocycles. The van der Waals surface area contributed by atoms with Crippen molar-refractivity contribution in [3.63, 3.8) is 0 Å². The van der Waals surface area contributed by atoms with Crippen molar-refractivity contribution in [2.75, 3.05) is 19.8 Å². The average Bonchev–Trinajstić information content (AvgIpc) is 4.29. The van der Waals surface area contributed by atoms with E-state index in [2.05, 4.69) is 89.5 Å². The first-order valence-corrected chi connectivity index (χ1v) is 27.3. The molecule has 0 fully saturated rings. The van der Waals surface area contributed by atoms with Crippen molar-refractivity contribution < 1.29 is 41.4 Å². The number of aromatic nitrogens is 14. The van der Waals surface area contributed by atoms with Gasteiger partial charge in [0.05, 0.1) is 62.4 Å². The van der Waals surface area contributed by atoms with E-state index in [9.17, 15) is 14.4 Å². The van der Waals surface area contributed by atoms with Gasteiger partial charge < -0.3 is 23.8 Å². The Morgan fingerprint density at radius 2 is 1.13 bits per heavy atom. The van der Waals surface area contributed by atoms with Crippen molar-refractivity contribution in [2.45, 2.75) is 42.0 Å². The molecule has 76 heavy (non-hydrogen) atoms. The fraction of sp³-hybridized carbons (Fsp3) is 0.173. The summed E-state index contributed by atoms with van der Waals surface area (Å²) in [5.41, 5.74) is 7.83. The SMILES string of the molecule is C.CCOC(=O)c1cnc2ccc(-n3ccnc3)cn12.CCOC(=O)c1cnc2ccc(-n3ccnc3-c3cccc(C)n3)cn12.CCOC(=O)c1cnc2ccc(Br)cn12.Cc1cccc(Br)n1.[Cu][I].c1c[nH]cn1. The molecule has 0 saturated heterocycles. The van der Waals surface area contributed by atoms with Gasteiger partial charge in [-0.05, 0) is 127 Å². The smallest absolute Gasteiger partial charge is 0.0919 e. The molecule has 0 aliphatic carbocycles. The first-order chi connectivity index (χ1) is 36.5. The minimum Gasteiger partial charge on any atom is -0.351 e. The van der Waals surface area contributed by atoms with Crippen molar-refractivity contribution >= 4 is 87.1 Å².